The Hall–Kier alpha value is -1.51. The predicted molar refractivity (Wildman–Crippen MR) is 67.1 cm³/mol. The van der Waals surface area contributed by atoms with Crippen LogP contribution in [0.2, 0.25) is 0 Å². The lowest BCUT2D eigenvalue weighted by Crippen LogP contribution is -2.32. The fourth-order valence-electron chi connectivity index (χ4n) is 1.96. The second-order valence-corrected chi connectivity index (χ2v) is 4.81. The number of hydrogen-bond donors (Lipinski definition) is 1. The van der Waals surface area contributed by atoms with Gasteiger partial charge in [-0.25, -0.2) is 0 Å². The van der Waals surface area contributed by atoms with Gasteiger partial charge >= 0.3 is 0 Å². The zero-order valence-electron chi connectivity index (χ0n) is 10.4. The first-order valence-corrected chi connectivity index (χ1v) is 6.20. The monoisotopic (exact) mass is 233 g/mol. The number of amides is 1. The van der Waals surface area contributed by atoms with Gasteiger partial charge in [-0.2, -0.15) is 0 Å². The summed E-state index contributed by atoms with van der Waals surface area (Å²) >= 11 is 0. The number of carbonyl (C=O) groups excluding carboxylic acids is 1. The molecule has 3 heteroatoms. The van der Waals surface area contributed by atoms with Crippen LogP contribution < -0.4 is 0 Å². The molecule has 0 saturated heterocycles. The average Bonchev–Trinajstić information content (AvgIpc) is 3.09. The van der Waals surface area contributed by atoms with E-state index in [0.717, 1.165) is 12.1 Å². The summed E-state index contributed by atoms with van der Waals surface area (Å²) in [5.74, 6) is 0.702. The van der Waals surface area contributed by atoms with Gasteiger partial charge in [0.2, 0.25) is 0 Å². The molecule has 0 radical (unpaired) electrons. The number of carbonyl (C=O) groups is 1. The van der Waals surface area contributed by atoms with Gasteiger partial charge in [0.15, 0.2) is 0 Å². The number of nitrogens with zero attached hydrogens (tertiary/aromatic N) is 1. The first-order chi connectivity index (χ1) is 8.11. The van der Waals surface area contributed by atoms with E-state index in [-0.39, 0.29) is 11.7 Å². The van der Waals surface area contributed by atoms with Gasteiger partial charge in [0.05, 0.1) is 5.56 Å². The van der Waals surface area contributed by atoms with Crippen molar-refractivity contribution in [3.8, 4) is 5.75 Å². The maximum atomic E-state index is 12.2. The van der Waals surface area contributed by atoms with Crippen LogP contribution in [0.25, 0.3) is 0 Å². The Morgan fingerprint density at radius 1 is 1.47 bits per heavy atom. The van der Waals surface area contributed by atoms with E-state index in [2.05, 4.69) is 0 Å². The highest BCUT2D eigenvalue weighted by molar-refractivity contribution is 5.96. The Morgan fingerprint density at radius 3 is 2.71 bits per heavy atom. The van der Waals surface area contributed by atoms with Gasteiger partial charge in [-0.3, -0.25) is 4.79 Å². The van der Waals surface area contributed by atoms with Crippen LogP contribution in [-0.4, -0.2) is 29.0 Å². The Balaban J connectivity index is 2.15. The minimum absolute atomic E-state index is 0.0584. The van der Waals surface area contributed by atoms with E-state index in [1.165, 1.54) is 12.8 Å². The molecule has 1 aliphatic rings. The van der Waals surface area contributed by atoms with E-state index >= 15 is 0 Å². The normalized spacial score (nSPS) is 14.7. The van der Waals surface area contributed by atoms with E-state index in [9.17, 15) is 9.90 Å². The van der Waals surface area contributed by atoms with Gasteiger partial charge < -0.3 is 10.0 Å². The Kier molecular flexibility index (Phi) is 3.36. The van der Waals surface area contributed by atoms with Crippen LogP contribution in [0.1, 0.15) is 35.7 Å². The molecule has 1 aromatic carbocycles. The molecule has 3 nitrogen and oxygen atoms in total. The minimum Gasteiger partial charge on any atom is -0.507 e. The molecule has 0 bridgehead atoms. The number of phenols is 1. The number of rotatable bonds is 4. The minimum atomic E-state index is -0.0584. The highest BCUT2D eigenvalue weighted by atomic mass is 16.3. The van der Waals surface area contributed by atoms with Crippen LogP contribution in [0.3, 0.4) is 0 Å². The van der Waals surface area contributed by atoms with Crippen LogP contribution in [0.4, 0.5) is 0 Å². The molecule has 1 amide bonds. The fraction of sp³-hybridized carbons (Fsp3) is 0.500. The second-order valence-electron chi connectivity index (χ2n) is 4.81. The molecule has 0 aromatic heterocycles. The Bertz CT molecular complexity index is 424. The van der Waals surface area contributed by atoms with Crippen molar-refractivity contribution < 1.29 is 9.90 Å². The maximum absolute atomic E-state index is 12.2. The van der Waals surface area contributed by atoms with Crippen molar-refractivity contribution in [2.45, 2.75) is 26.7 Å². The lowest BCUT2D eigenvalue weighted by atomic mass is 10.1. The number of aromatic hydroxyl groups is 1. The smallest absolute Gasteiger partial charge is 0.257 e. The topological polar surface area (TPSA) is 40.5 Å². The summed E-state index contributed by atoms with van der Waals surface area (Å²) in [7, 11) is 0. The molecule has 1 fully saturated rings. The van der Waals surface area contributed by atoms with E-state index in [0.29, 0.717) is 18.0 Å². The zero-order chi connectivity index (χ0) is 12.4. The first-order valence-electron chi connectivity index (χ1n) is 6.20. The van der Waals surface area contributed by atoms with Crippen molar-refractivity contribution in [3.63, 3.8) is 0 Å². The quantitative estimate of drug-likeness (QED) is 0.868. The molecule has 0 spiro atoms. The number of hydrogen-bond acceptors (Lipinski definition) is 2. The van der Waals surface area contributed by atoms with Crippen LogP contribution in [0.5, 0.6) is 5.75 Å². The molecule has 0 atom stereocenters. The Labute approximate surface area is 102 Å². The second kappa shape index (κ2) is 4.78. The molecule has 1 aromatic rings. The highest BCUT2D eigenvalue weighted by Crippen LogP contribution is 2.30. The standard InChI is InChI=1S/C14H19NO2/c1-3-15(9-11-5-6-11)14(17)12-7-4-10(2)8-13(12)16/h4,7-8,11,16H,3,5-6,9H2,1-2H3. The number of benzene rings is 1. The van der Waals surface area contributed by atoms with Gasteiger partial charge in [0, 0.05) is 13.1 Å². The molecule has 2 rings (SSSR count). The molecule has 1 aliphatic carbocycles. The summed E-state index contributed by atoms with van der Waals surface area (Å²) < 4.78 is 0. The third kappa shape index (κ3) is 2.78. The number of aryl methyl sites for hydroxylation is 1. The largest absolute Gasteiger partial charge is 0.507 e. The summed E-state index contributed by atoms with van der Waals surface area (Å²) in [6, 6.07) is 5.21. The van der Waals surface area contributed by atoms with Gasteiger partial charge in [-0.15, -0.1) is 0 Å². The van der Waals surface area contributed by atoms with Crippen molar-refractivity contribution in [1.29, 1.82) is 0 Å². The van der Waals surface area contributed by atoms with E-state index in [4.69, 9.17) is 0 Å². The summed E-state index contributed by atoms with van der Waals surface area (Å²) in [5.41, 5.74) is 1.38. The van der Waals surface area contributed by atoms with Crippen molar-refractivity contribution in [2.75, 3.05) is 13.1 Å². The third-order valence-corrected chi connectivity index (χ3v) is 3.23. The predicted octanol–water partition coefficient (Wildman–Crippen LogP) is 2.57. The van der Waals surface area contributed by atoms with Crippen LogP contribution in [0.15, 0.2) is 18.2 Å². The van der Waals surface area contributed by atoms with Gasteiger partial charge in [0.25, 0.3) is 5.91 Å². The zero-order valence-corrected chi connectivity index (χ0v) is 10.4. The van der Waals surface area contributed by atoms with E-state index in [1.807, 2.05) is 24.8 Å². The van der Waals surface area contributed by atoms with E-state index in [1.54, 1.807) is 12.1 Å². The molecule has 92 valence electrons. The van der Waals surface area contributed by atoms with Crippen LogP contribution in [0, 0.1) is 12.8 Å². The van der Waals surface area contributed by atoms with Crippen molar-refractivity contribution in [2.24, 2.45) is 5.92 Å². The lowest BCUT2D eigenvalue weighted by molar-refractivity contribution is 0.0754. The van der Waals surface area contributed by atoms with Gasteiger partial charge in [0.1, 0.15) is 5.75 Å². The molecule has 0 aliphatic heterocycles. The van der Waals surface area contributed by atoms with Gasteiger partial charge in [-0.05, 0) is 50.3 Å². The molecular formula is C14H19NO2. The molecule has 1 N–H and O–H groups in total. The average molecular weight is 233 g/mol. The molecule has 1 saturated carbocycles. The maximum Gasteiger partial charge on any atom is 0.257 e. The summed E-state index contributed by atoms with van der Waals surface area (Å²) in [6.07, 6.45) is 2.45. The van der Waals surface area contributed by atoms with Gasteiger partial charge in [-0.1, -0.05) is 6.07 Å². The SMILES string of the molecule is CCN(CC1CC1)C(=O)c1ccc(C)cc1O. The van der Waals surface area contributed by atoms with Crippen molar-refractivity contribution in [3.05, 3.63) is 29.3 Å². The lowest BCUT2D eigenvalue weighted by Gasteiger charge is -2.21. The van der Waals surface area contributed by atoms with E-state index < -0.39 is 0 Å². The van der Waals surface area contributed by atoms with Crippen molar-refractivity contribution in [1.82, 2.24) is 4.90 Å². The molecule has 0 heterocycles. The highest BCUT2D eigenvalue weighted by Gasteiger charge is 2.27. The molecule has 17 heavy (non-hydrogen) atoms. The van der Waals surface area contributed by atoms with Crippen molar-refractivity contribution >= 4 is 5.91 Å². The first kappa shape index (κ1) is 12.0. The van der Waals surface area contributed by atoms with Crippen LogP contribution >= 0.6 is 0 Å². The summed E-state index contributed by atoms with van der Waals surface area (Å²) in [4.78, 5) is 14.1. The molecule has 0 unspecified atom stereocenters. The summed E-state index contributed by atoms with van der Waals surface area (Å²) in [6.45, 7) is 5.40. The summed E-state index contributed by atoms with van der Waals surface area (Å²) in [5, 5.41) is 9.81. The molecular weight excluding hydrogens is 214 g/mol. The van der Waals surface area contributed by atoms with Crippen LogP contribution in [-0.2, 0) is 0 Å². The third-order valence-electron chi connectivity index (χ3n) is 3.23. The fourth-order valence-corrected chi connectivity index (χ4v) is 1.96. The number of phenolic OH excluding ortho intramolecular Hbond substituents is 1. The Morgan fingerprint density at radius 2 is 2.18 bits per heavy atom.